The second-order valence-electron chi connectivity index (χ2n) is 8.77. The molecular weight excluding hydrogens is 418 g/mol. The first-order chi connectivity index (χ1) is 15.1. The predicted molar refractivity (Wildman–Crippen MR) is 115 cm³/mol. The number of nitrogens with zero attached hydrogens (tertiary/aromatic N) is 2. The lowest BCUT2D eigenvalue weighted by Crippen LogP contribution is -2.58. The summed E-state index contributed by atoms with van der Waals surface area (Å²) < 4.78 is 37.3. The third-order valence-corrected chi connectivity index (χ3v) is 5.01. The molecule has 1 saturated heterocycles. The highest BCUT2D eigenvalue weighted by Crippen LogP contribution is 2.19. The highest BCUT2D eigenvalue weighted by Gasteiger charge is 2.37. The zero-order valence-corrected chi connectivity index (χ0v) is 18.5. The van der Waals surface area contributed by atoms with E-state index in [0.717, 1.165) is 5.56 Å². The van der Waals surface area contributed by atoms with Crippen LogP contribution in [0.3, 0.4) is 0 Å². The predicted octanol–water partition coefficient (Wildman–Crippen LogP) is 4.13. The van der Waals surface area contributed by atoms with Gasteiger partial charge in [-0.05, 0) is 56.2 Å². The highest BCUT2D eigenvalue weighted by atomic mass is 19.1. The summed E-state index contributed by atoms with van der Waals surface area (Å²) >= 11 is 0. The molecule has 172 valence electrons. The topological polar surface area (TPSA) is 59.1 Å². The van der Waals surface area contributed by atoms with Crippen LogP contribution in [0.15, 0.2) is 48.5 Å². The minimum absolute atomic E-state index is 0.00750. The van der Waals surface area contributed by atoms with Gasteiger partial charge in [-0.2, -0.15) is 0 Å². The van der Waals surface area contributed by atoms with E-state index in [1.165, 1.54) is 29.2 Å². The van der Waals surface area contributed by atoms with Crippen LogP contribution in [-0.2, 0) is 27.4 Å². The number of carbonyl (C=O) groups excluding carboxylic acids is 2. The van der Waals surface area contributed by atoms with Crippen molar-refractivity contribution in [3.05, 3.63) is 71.3 Å². The Labute approximate surface area is 186 Å². The Balaban J connectivity index is 1.71. The van der Waals surface area contributed by atoms with Crippen LogP contribution in [0.4, 0.5) is 13.6 Å². The number of benzene rings is 2. The Bertz CT molecular complexity index is 927. The molecule has 32 heavy (non-hydrogen) atoms. The van der Waals surface area contributed by atoms with Crippen molar-refractivity contribution in [3.8, 4) is 0 Å². The van der Waals surface area contributed by atoms with Gasteiger partial charge in [-0.15, -0.1) is 0 Å². The van der Waals surface area contributed by atoms with Crippen LogP contribution >= 0.6 is 0 Å². The SMILES string of the molecule is CC(C)(C)OC(=O)N1CCN(Cc2ccc(F)cc2)C(C(=O)OCc2ccc(F)cc2)C1. The Hall–Kier alpha value is -3.00. The van der Waals surface area contributed by atoms with E-state index < -0.39 is 23.7 Å². The Morgan fingerprint density at radius 3 is 2.06 bits per heavy atom. The summed E-state index contributed by atoms with van der Waals surface area (Å²) in [7, 11) is 0. The summed E-state index contributed by atoms with van der Waals surface area (Å²) in [5.74, 6) is -1.20. The monoisotopic (exact) mass is 446 g/mol. The minimum Gasteiger partial charge on any atom is -0.460 e. The summed E-state index contributed by atoms with van der Waals surface area (Å²) in [6.45, 7) is 6.66. The number of rotatable bonds is 5. The van der Waals surface area contributed by atoms with Crippen molar-refractivity contribution in [3.63, 3.8) is 0 Å². The summed E-state index contributed by atoms with van der Waals surface area (Å²) in [4.78, 5) is 28.9. The summed E-state index contributed by atoms with van der Waals surface area (Å²) in [5, 5.41) is 0. The van der Waals surface area contributed by atoms with E-state index in [4.69, 9.17) is 9.47 Å². The smallest absolute Gasteiger partial charge is 0.410 e. The normalized spacial score (nSPS) is 17.2. The van der Waals surface area contributed by atoms with Crippen molar-refractivity contribution in [2.24, 2.45) is 0 Å². The fourth-order valence-corrected chi connectivity index (χ4v) is 3.38. The van der Waals surface area contributed by atoms with Crippen LogP contribution in [-0.4, -0.2) is 53.1 Å². The number of hydrogen-bond acceptors (Lipinski definition) is 5. The number of halogens is 2. The average Bonchev–Trinajstić information content (AvgIpc) is 2.73. The fraction of sp³-hybridized carbons (Fsp3) is 0.417. The molecular formula is C24H28F2N2O4. The maximum absolute atomic E-state index is 13.3. The molecule has 1 heterocycles. The molecule has 1 aliphatic rings. The number of hydrogen-bond donors (Lipinski definition) is 0. The maximum atomic E-state index is 13.3. The van der Waals surface area contributed by atoms with Crippen LogP contribution in [0.25, 0.3) is 0 Å². The van der Waals surface area contributed by atoms with Gasteiger partial charge in [0.2, 0.25) is 0 Å². The van der Waals surface area contributed by atoms with Gasteiger partial charge in [0, 0.05) is 19.6 Å². The number of carbonyl (C=O) groups is 2. The van der Waals surface area contributed by atoms with E-state index in [1.54, 1.807) is 45.0 Å². The van der Waals surface area contributed by atoms with Crippen molar-refractivity contribution in [2.45, 2.75) is 45.6 Å². The number of ether oxygens (including phenoxy) is 2. The molecule has 0 aromatic heterocycles. The van der Waals surface area contributed by atoms with Gasteiger partial charge in [0.1, 0.15) is 29.9 Å². The molecule has 1 aliphatic heterocycles. The van der Waals surface area contributed by atoms with Crippen molar-refractivity contribution in [1.82, 2.24) is 9.80 Å². The first-order valence-corrected chi connectivity index (χ1v) is 10.5. The Kier molecular flexibility index (Phi) is 7.45. The van der Waals surface area contributed by atoms with Gasteiger partial charge in [0.25, 0.3) is 0 Å². The van der Waals surface area contributed by atoms with Crippen LogP contribution < -0.4 is 0 Å². The summed E-state index contributed by atoms with van der Waals surface area (Å²) in [6.07, 6.45) is -0.490. The third kappa shape index (κ3) is 6.75. The van der Waals surface area contributed by atoms with Gasteiger partial charge >= 0.3 is 12.1 Å². The van der Waals surface area contributed by atoms with Crippen LogP contribution in [0, 0.1) is 11.6 Å². The molecule has 6 nitrogen and oxygen atoms in total. The molecule has 3 rings (SSSR count). The van der Waals surface area contributed by atoms with E-state index in [1.807, 2.05) is 4.90 Å². The van der Waals surface area contributed by atoms with E-state index in [-0.39, 0.29) is 24.8 Å². The molecule has 1 atom stereocenters. The van der Waals surface area contributed by atoms with Gasteiger partial charge in [0.05, 0.1) is 6.54 Å². The van der Waals surface area contributed by atoms with Crippen LogP contribution in [0.5, 0.6) is 0 Å². The molecule has 1 amide bonds. The van der Waals surface area contributed by atoms with E-state index in [0.29, 0.717) is 25.2 Å². The molecule has 2 aromatic carbocycles. The second-order valence-corrected chi connectivity index (χ2v) is 8.77. The quantitative estimate of drug-likeness (QED) is 0.647. The minimum atomic E-state index is -0.721. The lowest BCUT2D eigenvalue weighted by molar-refractivity contribution is -0.154. The fourth-order valence-electron chi connectivity index (χ4n) is 3.38. The van der Waals surface area contributed by atoms with Gasteiger partial charge < -0.3 is 14.4 Å². The molecule has 0 saturated carbocycles. The van der Waals surface area contributed by atoms with Crippen molar-refractivity contribution >= 4 is 12.1 Å². The number of piperazine rings is 1. The zero-order valence-electron chi connectivity index (χ0n) is 18.5. The van der Waals surface area contributed by atoms with Crippen molar-refractivity contribution in [1.29, 1.82) is 0 Å². The van der Waals surface area contributed by atoms with Gasteiger partial charge in [-0.25, -0.2) is 13.6 Å². The number of esters is 1. The lowest BCUT2D eigenvalue weighted by Gasteiger charge is -2.40. The standard InChI is InChI=1S/C24H28F2N2O4/c1-24(2,3)32-23(30)28-13-12-27(14-17-4-8-19(25)9-5-17)21(15-28)22(29)31-16-18-6-10-20(26)11-7-18/h4-11,21H,12-16H2,1-3H3. The first kappa shape index (κ1) is 23.7. The summed E-state index contributed by atoms with van der Waals surface area (Å²) in [5.41, 5.74) is 0.846. The van der Waals surface area contributed by atoms with Crippen molar-refractivity contribution in [2.75, 3.05) is 19.6 Å². The molecule has 1 unspecified atom stereocenters. The van der Waals surface area contributed by atoms with Crippen molar-refractivity contribution < 1.29 is 27.8 Å². The molecule has 0 radical (unpaired) electrons. The molecule has 0 N–H and O–H groups in total. The van der Waals surface area contributed by atoms with E-state index >= 15 is 0 Å². The molecule has 0 spiro atoms. The van der Waals surface area contributed by atoms with E-state index in [2.05, 4.69) is 0 Å². The molecule has 0 aliphatic carbocycles. The molecule has 0 bridgehead atoms. The second kappa shape index (κ2) is 10.1. The zero-order chi connectivity index (χ0) is 23.3. The molecule has 2 aromatic rings. The van der Waals surface area contributed by atoms with Gasteiger partial charge in [-0.1, -0.05) is 24.3 Å². The Morgan fingerprint density at radius 1 is 0.938 bits per heavy atom. The maximum Gasteiger partial charge on any atom is 0.410 e. The van der Waals surface area contributed by atoms with Crippen LogP contribution in [0.1, 0.15) is 31.9 Å². The first-order valence-electron chi connectivity index (χ1n) is 10.5. The Morgan fingerprint density at radius 2 is 1.50 bits per heavy atom. The van der Waals surface area contributed by atoms with Gasteiger partial charge in [0.15, 0.2) is 0 Å². The average molecular weight is 446 g/mol. The highest BCUT2D eigenvalue weighted by molar-refractivity contribution is 5.78. The molecule has 1 fully saturated rings. The molecule has 8 heteroatoms. The van der Waals surface area contributed by atoms with Crippen LogP contribution in [0.2, 0.25) is 0 Å². The third-order valence-electron chi connectivity index (χ3n) is 5.01. The summed E-state index contributed by atoms with van der Waals surface area (Å²) in [6, 6.07) is 11.0. The largest absolute Gasteiger partial charge is 0.460 e. The van der Waals surface area contributed by atoms with E-state index in [9.17, 15) is 18.4 Å². The van der Waals surface area contributed by atoms with Gasteiger partial charge in [-0.3, -0.25) is 9.69 Å². The number of amides is 1. The lowest BCUT2D eigenvalue weighted by atomic mass is 10.1.